The van der Waals surface area contributed by atoms with Gasteiger partial charge in [0.15, 0.2) is 5.00 Å². The molecular formula is C8H12N4O4S2. The minimum absolute atomic E-state index is 0.0222. The van der Waals surface area contributed by atoms with Crippen molar-refractivity contribution in [2.45, 2.75) is 29.5 Å². The third-order valence-corrected chi connectivity index (χ3v) is 5.76. The number of thiophene rings is 1. The Balaban J connectivity index is 2.29. The van der Waals surface area contributed by atoms with Crippen molar-refractivity contribution in [2.24, 2.45) is 5.84 Å². The van der Waals surface area contributed by atoms with Gasteiger partial charge in [0.1, 0.15) is 4.21 Å². The van der Waals surface area contributed by atoms with E-state index in [1.807, 2.05) is 0 Å². The summed E-state index contributed by atoms with van der Waals surface area (Å²) in [5, 5.41) is 10.7. The first-order valence-electron chi connectivity index (χ1n) is 5.21. The standard InChI is InChI=1S/C8H12N4O4S2/c9-10-8-6(12(13)14)4-7(17-8)18(15,16)11-5-2-1-3-5/h4-5,10-11H,1-3,9H2. The number of hydrogen-bond acceptors (Lipinski definition) is 7. The van der Waals surface area contributed by atoms with Crippen LogP contribution in [-0.4, -0.2) is 19.4 Å². The fourth-order valence-corrected chi connectivity index (χ4v) is 4.09. The SMILES string of the molecule is NNc1sc(S(=O)(=O)NC2CCC2)cc1[N+](=O)[O-]. The van der Waals surface area contributed by atoms with Crippen molar-refractivity contribution in [1.29, 1.82) is 0 Å². The van der Waals surface area contributed by atoms with Crippen molar-refractivity contribution in [1.82, 2.24) is 4.72 Å². The Morgan fingerprint density at radius 3 is 2.56 bits per heavy atom. The Morgan fingerprint density at radius 1 is 1.50 bits per heavy atom. The highest BCUT2D eigenvalue weighted by atomic mass is 32.2. The number of hydrogen-bond donors (Lipinski definition) is 3. The van der Waals surface area contributed by atoms with Gasteiger partial charge in [-0.25, -0.2) is 19.0 Å². The second-order valence-electron chi connectivity index (χ2n) is 3.93. The molecule has 1 aromatic heterocycles. The van der Waals surface area contributed by atoms with Crippen molar-refractivity contribution in [3.05, 3.63) is 16.2 Å². The summed E-state index contributed by atoms with van der Waals surface area (Å²) in [6.07, 6.45) is 2.59. The molecule has 0 spiro atoms. The van der Waals surface area contributed by atoms with Crippen molar-refractivity contribution in [2.75, 3.05) is 5.43 Å². The third-order valence-electron chi connectivity index (χ3n) is 2.71. The highest BCUT2D eigenvalue weighted by molar-refractivity contribution is 7.91. The van der Waals surface area contributed by atoms with E-state index in [0.717, 1.165) is 36.7 Å². The van der Waals surface area contributed by atoms with E-state index in [0.29, 0.717) is 0 Å². The first-order chi connectivity index (χ1) is 8.44. The van der Waals surface area contributed by atoms with Crippen LogP contribution in [0.2, 0.25) is 0 Å². The Morgan fingerprint density at radius 2 is 2.17 bits per heavy atom. The molecule has 0 radical (unpaired) electrons. The largest absolute Gasteiger partial charge is 0.310 e. The van der Waals surface area contributed by atoms with Crippen LogP contribution in [0, 0.1) is 10.1 Å². The number of rotatable bonds is 5. The van der Waals surface area contributed by atoms with E-state index >= 15 is 0 Å². The van der Waals surface area contributed by atoms with Crippen molar-refractivity contribution in [3.63, 3.8) is 0 Å². The van der Waals surface area contributed by atoms with Crippen LogP contribution in [0.3, 0.4) is 0 Å². The lowest BCUT2D eigenvalue weighted by Gasteiger charge is -2.25. The number of nitrogens with zero attached hydrogens (tertiary/aromatic N) is 1. The summed E-state index contributed by atoms with van der Waals surface area (Å²) >= 11 is 0.743. The fourth-order valence-electron chi connectivity index (χ4n) is 1.53. The minimum Gasteiger partial charge on any atom is -0.310 e. The summed E-state index contributed by atoms with van der Waals surface area (Å²) in [6, 6.07) is 0.950. The first-order valence-corrected chi connectivity index (χ1v) is 7.51. The van der Waals surface area contributed by atoms with Crippen LogP contribution in [0.4, 0.5) is 10.7 Å². The zero-order valence-electron chi connectivity index (χ0n) is 9.25. The Labute approximate surface area is 107 Å². The lowest BCUT2D eigenvalue weighted by Crippen LogP contribution is -2.39. The highest BCUT2D eigenvalue weighted by Gasteiger charge is 2.29. The maximum atomic E-state index is 11.9. The maximum absolute atomic E-state index is 11.9. The van der Waals surface area contributed by atoms with Crippen LogP contribution >= 0.6 is 11.3 Å². The monoisotopic (exact) mass is 292 g/mol. The topological polar surface area (TPSA) is 127 Å². The van der Waals surface area contributed by atoms with Crippen LogP contribution < -0.4 is 16.0 Å². The fraction of sp³-hybridized carbons (Fsp3) is 0.500. The summed E-state index contributed by atoms with van der Waals surface area (Å²) in [4.78, 5) is 10.0. The molecule has 0 bridgehead atoms. The highest BCUT2D eigenvalue weighted by Crippen LogP contribution is 2.36. The van der Waals surface area contributed by atoms with Crippen LogP contribution in [-0.2, 0) is 10.0 Å². The molecule has 1 aromatic rings. The van der Waals surface area contributed by atoms with E-state index in [2.05, 4.69) is 10.1 Å². The normalized spacial score (nSPS) is 16.3. The summed E-state index contributed by atoms with van der Waals surface area (Å²) in [7, 11) is -3.70. The molecule has 0 saturated heterocycles. The maximum Gasteiger partial charge on any atom is 0.306 e. The van der Waals surface area contributed by atoms with Crippen molar-refractivity contribution in [3.8, 4) is 0 Å². The molecule has 0 unspecified atom stereocenters. The Bertz CT molecular complexity index is 564. The van der Waals surface area contributed by atoms with Crippen molar-refractivity contribution < 1.29 is 13.3 Å². The van der Waals surface area contributed by atoms with Gasteiger partial charge in [0.2, 0.25) is 0 Å². The molecule has 2 rings (SSSR count). The molecule has 10 heteroatoms. The van der Waals surface area contributed by atoms with Gasteiger partial charge < -0.3 is 5.43 Å². The summed E-state index contributed by atoms with van der Waals surface area (Å²) < 4.78 is 26.3. The molecule has 1 fully saturated rings. The molecule has 0 aromatic carbocycles. The number of nitrogens with one attached hydrogen (secondary N) is 2. The van der Waals surface area contributed by atoms with Crippen LogP contribution in [0.25, 0.3) is 0 Å². The summed E-state index contributed by atoms with van der Waals surface area (Å²) in [5.41, 5.74) is 1.80. The van der Waals surface area contributed by atoms with Gasteiger partial charge in [0.05, 0.1) is 4.92 Å². The van der Waals surface area contributed by atoms with Crippen LogP contribution in [0.1, 0.15) is 19.3 Å². The van der Waals surface area contributed by atoms with Gasteiger partial charge in [0, 0.05) is 12.1 Å². The molecule has 0 atom stereocenters. The Kier molecular flexibility index (Phi) is 3.52. The van der Waals surface area contributed by atoms with Crippen LogP contribution in [0.5, 0.6) is 0 Å². The number of nitro groups is 1. The molecular weight excluding hydrogens is 280 g/mol. The molecule has 100 valence electrons. The predicted octanol–water partition coefficient (Wildman–Crippen LogP) is 0.773. The van der Waals surface area contributed by atoms with Gasteiger partial charge in [-0.2, -0.15) is 0 Å². The number of anilines is 1. The predicted molar refractivity (Wildman–Crippen MR) is 66.7 cm³/mol. The number of nitrogens with two attached hydrogens (primary N) is 1. The zero-order chi connectivity index (χ0) is 13.3. The van der Waals surface area contributed by atoms with E-state index < -0.39 is 14.9 Å². The smallest absolute Gasteiger partial charge is 0.306 e. The van der Waals surface area contributed by atoms with Gasteiger partial charge in [-0.05, 0) is 12.8 Å². The molecule has 0 amide bonds. The zero-order valence-corrected chi connectivity index (χ0v) is 10.9. The molecule has 1 heterocycles. The van der Waals surface area contributed by atoms with E-state index in [1.165, 1.54) is 0 Å². The average molecular weight is 292 g/mol. The summed E-state index contributed by atoms with van der Waals surface area (Å²) in [5.74, 6) is 5.12. The van der Waals surface area contributed by atoms with Gasteiger partial charge in [0.25, 0.3) is 10.0 Å². The lowest BCUT2D eigenvalue weighted by molar-refractivity contribution is -0.383. The second-order valence-corrected chi connectivity index (χ2v) is 6.92. The molecule has 18 heavy (non-hydrogen) atoms. The minimum atomic E-state index is -3.70. The van der Waals surface area contributed by atoms with Gasteiger partial charge in [-0.1, -0.05) is 17.8 Å². The first kappa shape index (κ1) is 13.2. The molecule has 0 aliphatic heterocycles. The molecule has 1 aliphatic carbocycles. The van der Waals surface area contributed by atoms with E-state index in [-0.39, 0.29) is 20.9 Å². The molecule has 8 nitrogen and oxygen atoms in total. The lowest BCUT2D eigenvalue weighted by atomic mass is 9.94. The number of sulfonamides is 1. The second kappa shape index (κ2) is 4.80. The quantitative estimate of drug-likeness (QED) is 0.418. The van der Waals surface area contributed by atoms with Crippen molar-refractivity contribution >= 4 is 32.0 Å². The van der Waals surface area contributed by atoms with Gasteiger partial charge in [-0.15, -0.1) is 0 Å². The number of hydrazine groups is 1. The molecule has 1 aliphatic rings. The summed E-state index contributed by atoms with van der Waals surface area (Å²) in [6.45, 7) is 0. The van der Waals surface area contributed by atoms with E-state index in [9.17, 15) is 18.5 Å². The van der Waals surface area contributed by atoms with E-state index in [4.69, 9.17) is 5.84 Å². The molecule has 4 N–H and O–H groups in total. The van der Waals surface area contributed by atoms with Crippen LogP contribution in [0.15, 0.2) is 10.3 Å². The Hall–Kier alpha value is -1.23. The van der Waals surface area contributed by atoms with E-state index in [1.54, 1.807) is 0 Å². The van der Waals surface area contributed by atoms with Gasteiger partial charge in [-0.3, -0.25) is 10.1 Å². The molecule has 1 saturated carbocycles. The van der Waals surface area contributed by atoms with Gasteiger partial charge >= 0.3 is 5.69 Å². The third kappa shape index (κ3) is 2.46. The average Bonchev–Trinajstić information content (AvgIpc) is 2.68. The number of nitrogen functional groups attached to an aromatic ring is 1.